The highest BCUT2D eigenvalue weighted by Crippen LogP contribution is 2.23. The lowest BCUT2D eigenvalue weighted by atomic mass is 10.1. The van der Waals surface area contributed by atoms with Crippen molar-refractivity contribution in [3.8, 4) is 5.75 Å². The van der Waals surface area contributed by atoms with Gasteiger partial charge in [-0.25, -0.2) is 0 Å². The third kappa shape index (κ3) is 4.03. The van der Waals surface area contributed by atoms with Gasteiger partial charge >= 0.3 is 0 Å². The summed E-state index contributed by atoms with van der Waals surface area (Å²) in [5.41, 5.74) is 6.31. The van der Waals surface area contributed by atoms with E-state index in [0.29, 0.717) is 17.9 Å². The number of hydrogen-bond acceptors (Lipinski definition) is 4. The van der Waals surface area contributed by atoms with Crippen molar-refractivity contribution in [1.29, 1.82) is 0 Å². The van der Waals surface area contributed by atoms with Crippen LogP contribution in [0.25, 0.3) is 0 Å². The molecule has 2 aromatic carbocycles. The molecule has 3 rings (SSSR count). The van der Waals surface area contributed by atoms with Crippen LogP contribution < -0.4 is 10.1 Å². The lowest BCUT2D eigenvalue weighted by Crippen LogP contribution is -2.14. The Morgan fingerprint density at radius 3 is 2.52 bits per heavy atom. The lowest BCUT2D eigenvalue weighted by Gasteiger charge is -2.13. The highest BCUT2D eigenvalue weighted by atomic mass is 16.5. The maximum Gasteiger partial charge on any atom is 0.255 e. The Morgan fingerprint density at radius 1 is 1.07 bits per heavy atom. The molecule has 5 heteroatoms. The van der Waals surface area contributed by atoms with Gasteiger partial charge in [-0.15, -0.1) is 0 Å². The van der Waals surface area contributed by atoms with Crippen molar-refractivity contribution in [2.24, 2.45) is 0 Å². The van der Waals surface area contributed by atoms with Crippen molar-refractivity contribution >= 4 is 11.6 Å². The predicted molar refractivity (Wildman–Crippen MR) is 105 cm³/mol. The van der Waals surface area contributed by atoms with Crippen LogP contribution in [0.15, 0.2) is 40.9 Å². The number of hydrogen-bond donors (Lipinski definition) is 1. The zero-order valence-electron chi connectivity index (χ0n) is 16.3. The van der Waals surface area contributed by atoms with Crippen molar-refractivity contribution in [2.75, 3.05) is 5.32 Å². The van der Waals surface area contributed by atoms with Gasteiger partial charge in [0.15, 0.2) is 0 Å². The number of aromatic nitrogens is 1. The summed E-state index contributed by atoms with van der Waals surface area (Å²) in [7, 11) is 0. The highest BCUT2D eigenvalue weighted by Gasteiger charge is 2.13. The van der Waals surface area contributed by atoms with E-state index in [-0.39, 0.29) is 5.91 Å². The van der Waals surface area contributed by atoms with Gasteiger partial charge in [-0.3, -0.25) is 4.79 Å². The summed E-state index contributed by atoms with van der Waals surface area (Å²) in [5, 5.41) is 6.92. The molecule has 0 aliphatic heterocycles. The van der Waals surface area contributed by atoms with Gasteiger partial charge in [0.2, 0.25) is 0 Å². The summed E-state index contributed by atoms with van der Waals surface area (Å²) in [5.74, 6) is 1.34. The molecule has 0 spiro atoms. The topological polar surface area (TPSA) is 64.4 Å². The molecular formula is C22H24N2O3. The fraction of sp³-hybridized carbons (Fsp3) is 0.273. The molecule has 1 heterocycles. The Labute approximate surface area is 159 Å². The monoisotopic (exact) mass is 364 g/mol. The summed E-state index contributed by atoms with van der Waals surface area (Å²) < 4.78 is 11.0. The molecule has 5 nitrogen and oxygen atoms in total. The van der Waals surface area contributed by atoms with E-state index >= 15 is 0 Å². The molecule has 0 radical (unpaired) electrons. The average Bonchev–Trinajstić information content (AvgIpc) is 2.95. The maximum atomic E-state index is 12.7. The highest BCUT2D eigenvalue weighted by molar-refractivity contribution is 6.05. The van der Waals surface area contributed by atoms with E-state index in [1.807, 2.05) is 65.0 Å². The van der Waals surface area contributed by atoms with Crippen LogP contribution in [-0.4, -0.2) is 11.1 Å². The van der Waals surface area contributed by atoms with Gasteiger partial charge in [-0.05, 0) is 75.6 Å². The van der Waals surface area contributed by atoms with Crippen LogP contribution >= 0.6 is 0 Å². The second-order valence-corrected chi connectivity index (χ2v) is 6.77. The normalized spacial score (nSPS) is 10.7. The van der Waals surface area contributed by atoms with E-state index in [1.54, 1.807) is 6.07 Å². The van der Waals surface area contributed by atoms with Crippen LogP contribution in [0.5, 0.6) is 5.75 Å². The molecule has 0 bridgehead atoms. The minimum absolute atomic E-state index is 0.126. The number of rotatable bonds is 5. The number of carbonyl (C=O) groups is 1. The molecule has 27 heavy (non-hydrogen) atoms. The number of ether oxygens (including phenoxy) is 1. The molecule has 0 unspecified atom stereocenters. The first-order valence-electron chi connectivity index (χ1n) is 8.89. The van der Waals surface area contributed by atoms with Gasteiger partial charge < -0.3 is 14.6 Å². The van der Waals surface area contributed by atoms with Gasteiger partial charge in [0.1, 0.15) is 18.1 Å². The van der Waals surface area contributed by atoms with Crippen LogP contribution in [0.2, 0.25) is 0 Å². The van der Waals surface area contributed by atoms with Crippen molar-refractivity contribution in [3.05, 3.63) is 75.7 Å². The van der Waals surface area contributed by atoms with E-state index in [9.17, 15) is 4.79 Å². The second kappa shape index (κ2) is 7.66. The SMILES string of the molecule is Cc1cc(OCc2c(C)noc2C)ccc1C(=O)Nc1cccc(C)c1C. The molecule has 1 aromatic heterocycles. The molecule has 0 fully saturated rings. The molecule has 1 amide bonds. The third-order valence-electron chi connectivity index (χ3n) is 4.86. The van der Waals surface area contributed by atoms with Crippen LogP contribution in [0.1, 0.15) is 44.1 Å². The van der Waals surface area contributed by atoms with E-state index in [1.165, 1.54) is 0 Å². The van der Waals surface area contributed by atoms with Crippen molar-refractivity contribution in [1.82, 2.24) is 5.16 Å². The first kappa shape index (κ1) is 18.7. The number of benzene rings is 2. The Kier molecular flexibility index (Phi) is 5.31. The van der Waals surface area contributed by atoms with Crippen molar-refractivity contribution in [3.63, 3.8) is 0 Å². The molecule has 1 N–H and O–H groups in total. The minimum Gasteiger partial charge on any atom is -0.489 e. The van der Waals surface area contributed by atoms with Crippen LogP contribution in [0.4, 0.5) is 5.69 Å². The van der Waals surface area contributed by atoms with E-state index in [0.717, 1.165) is 39.4 Å². The molecule has 0 aliphatic carbocycles. The third-order valence-corrected chi connectivity index (χ3v) is 4.86. The fourth-order valence-electron chi connectivity index (χ4n) is 2.92. The zero-order chi connectivity index (χ0) is 19.6. The Bertz CT molecular complexity index is 970. The average molecular weight is 364 g/mol. The van der Waals surface area contributed by atoms with Crippen molar-refractivity contribution < 1.29 is 14.1 Å². The number of nitrogens with zero attached hydrogens (tertiary/aromatic N) is 1. The number of carbonyl (C=O) groups excluding carboxylic acids is 1. The number of aryl methyl sites for hydroxylation is 4. The number of amides is 1. The van der Waals surface area contributed by atoms with Crippen LogP contribution in [0, 0.1) is 34.6 Å². The summed E-state index contributed by atoms with van der Waals surface area (Å²) in [6.45, 7) is 10.1. The first-order valence-corrected chi connectivity index (χ1v) is 8.89. The van der Waals surface area contributed by atoms with E-state index in [4.69, 9.17) is 9.26 Å². The predicted octanol–water partition coefficient (Wildman–Crippen LogP) is 5.05. The fourth-order valence-corrected chi connectivity index (χ4v) is 2.92. The number of nitrogens with one attached hydrogen (secondary N) is 1. The Balaban J connectivity index is 1.72. The Hall–Kier alpha value is -3.08. The van der Waals surface area contributed by atoms with E-state index < -0.39 is 0 Å². The van der Waals surface area contributed by atoms with Crippen LogP contribution in [-0.2, 0) is 6.61 Å². The molecule has 0 aliphatic rings. The molecule has 0 saturated carbocycles. The quantitative estimate of drug-likeness (QED) is 0.688. The molecule has 3 aromatic rings. The number of anilines is 1. The second-order valence-electron chi connectivity index (χ2n) is 6.77. The van der Waals surface area contributed by atoms with E-state index in [2.05, 4.69) is 10.5 Å². The molecular weight excluding hydrogens is 340 g/mol. The zero-order valence-corrected chi connectivity index (χ0v) is 16.3. The summed E-state index contributed by atoms with van der Waals surface area (Å²) in [6, 6.07) is 11.4. The lowest BCUT2D eigenvalue weighted by molar-refractivity contribution is 0.102. The van der Waals surface area contributed by atoms with Gasteiger partial charge in [-0.2, -0.15) is 0 Å². The summed E-state index contributed by atoms with van der Waals surface area (Å²) >= 11 is 0. The van der Waals surface area contributed by atoms with Crippen LogP contribution in [0.3, 0.4) is 0 Å². The summed E-state index contributed by atoms with van der Waals surface area (Å²) in [6.07, 6.45) is 0. The maximum absolute atomic E-state index is 12.7. The van der Waals surface area contributed by atoms with Crippen molar-refractivity contribution in [2.45, 2.75) is 41.2 Å². The molecule has 0 atom stereocenters. The molecule has 0 saturated heterocycles. The van der Waals surface area contributed by atoms with Gasteiger partial charge in [0.25, 0.3) is 5.91 Å². The smallest absolute Gasteiger partial charge is 0.255 e. The van der Waals surface area contributed by atoms with Gasteiger partial charge in [0.05, 0.1) is 11.3 Å². The molecule has 140 valence electrons. The minimum atomic E-state index is -0.126. The first-order chi connectivity index (χ1) is 12.9. The standard InChI is InChI=1S/C22H24N2O3/c1-13-7-6-8-21(15(13)3)23-22(25)19-10-9-18(11-14(19)2)26-12-20-16(4)24-27-17(20)5/h6-11H,12H2,1-5H3,(H,23,25). The largest absolute Gasteiger partial charge is 0.489 e. The van der Waals surface area contributed by atoms with Gasteiger partial charge in [-0.1, -0.05) is 17.3 Å². The Morgan fingerprint density at radius 2 is 1.85 bits per heavy atom. The van der Waals surface area contributed by atoms with Gasteiger partial charge in [0, 0.05) is 11.3 Å². The summed E-state index contributed by atoms with van der Waals surface area (Å²) in [4.78, 5) is 12.7.